The van der Waals surface area contributed by atoms with Gasteiger partial charge < -0.3 is 9.84 Å². The summed E-state index contributed by atoms with van der Waals surface area (Å²) in [6.45, 7) is 3.90. The van der Waals surface area contributed by atoms with Crippen molar-refractivity contribution in [3.63, 3.8) is 0 Å². The topological polar surface area (TPSA) is 46.5 Å². The largest absolute Gasteiger partial charge is 0.488 e. The molecule has 0 aromatic heterocycles. The molecule has 5 heteroatoms. The van der Waals surface area contributed by atoms with E-state index in [1.165, 1.54) is 0 Å². The summed E-state index contributed by atoms with van der Waals surface area (Å²) in [4.78, 5) is 11.0. The quantitative estimate of drug-likeness (QED) is 0.871. The van der Waals surface area contributed by atoms with E-state index < -0.39 is 5.97 Å². The van der Waals surface area contributed by atoms with Crippen molar-refractivity contribution < 1.29 is 14.6 Å². The Morgan fingerprint density at radius 2 is 1.81 bits per heavy atom. The second-order valence-electron chi connectivity index (χ2n) is 4.75. The maximum absolute atomic E-state index is 11.0. The van der Waals surface area contributed by atoms with Crippen LogP contribution in [0.4, 0.5) is 0 Å². The highest BCUT2D eigenvalue weighted by Crippen LogP contribution is 2.29. The van der Waals surface area contributed by atoms with E-state index in [1.807, 2.05) is 19.9 Å². The molecule has 0 amide bonds. The summed E-state index contributed by atoms with van der Waals surface area (Å²) in [5.41, 5.74) is 2.57. The summed E-state index contributed by atoms with van der Waals surface area (Å²) in [5, 5.41) is 9.97. The zero-order chi connectivity index (χ0) is 15.6. The minimum absolute atomic E-state index is 0.248. The van der Waals surface area contributed by atoms with Crippen LogP contribution in [0.25, 0.3) is 0 Å². The molecule has 0 heterocycles. The van der Waals surface area contributed by atoms with Gasteiger partial charge in [0, 0.05) is 5.56 Å². The maximum Gasteiger partial charge on any atom is 0.335 e. The molecule has 1 N–H and O–H groups in total. The molecule has 0 unspecified atom stereocenters. The molecule has 0 spiro atoms. The van der Waals surface area contributed by atoms with Gasteiger partial charge in [-0.2, -0.15) is 0 Å². The van der Waals surface area contributed by atoms with Crippen LogP contribution >= 0.6 is 23.2 Å². The Hall–Kier alpha value is -1.71. The number of hydrogen-bond acceptors (Lipinski definition) is 2. The second kappa shape index (κ2) is 6.37. The van der Waals surface area contributed by atoms with Gasteiger partial charge in [0.2, 0.25) is 0 Å². The molecule has 2 aromatic carbocycles. The van der Waals surface area contributed by atoms with Crippen LogP contribution in [0.2, 0.25) is 10.0 Å². The zero-order valence-electron chi connectivity index (χ0n) is 11.6. The predicted molar refractivity (Wildman–Crippen MR) is 83.7 cm³/mol. The summed E-state index contributed by atoms with van der Waals surface area (Å²) >= 11 is 12.1. The summed E-state index contributed by atoms with van der Waals surface area (Å²) in [7, 11) is 0. The van der Waals surface area contributed by atoms with Crippen molar-refractivity contribution in [1.82, 2.24) is 0 Å². The minimum atomic E-state index is -0.953. The lowest BCUT2D eigenvalue weighted by Gasteiger charge is -2.14. The molecule has 0 saturated heterocycles. The fourth-order valence-electron chi connectivity index (χ4n) is 2.11. The van der Waals surface area contributed by atoms with Gasteiger partial charge >= 0.3 is 5.97 Å². The molecule has 0 aliphatic heterocycles. The fourth-order valence-corrected chi connectivity index (χ4v) is 2.49. The SMILES string of the molecule is Cc1cc(C(=O)O)cc(C)c1OCc1cccc(Cl)c1Cl. The molecular weight excluding hydrogens is 311 g/mol. The minimum Gasteiger partial charge on any atom is -0.488 e. The summed E-state index contributed by atoms with van der Waals surface area (Å²) in [5.74, 6) is -0.290. The molecule has 0 saturated carbocycles. The third-order valence-corrected chi connectivity index (χ3v) is 3.97. The lowest BCUT2D eigenvalue weighted by Crippen LogP contribution is -2.03. The van der Waals surface area contributed by atoms with E-state index in [0.29, 0.717) is 15.8 Å². The number of aryl methyl sites for hydroxylation is 2. The van der Waals surface area contributed by atoms with Crippen LogP contribution in [-0.2, 0) is 6.61 Å². The van der Waals surface area contributed by atoms with Crippen LogP contribution in [0.3, 0.4) is 0 Å². The van der Waals surface area contributed by atoms with Crippen LogP contribution in [0.1, 0.15) is 27.0 Å². The number of carbonyl (C=O) groups is 1. The standard InChI is InChI=1S/C16H14Cl2O3/c1-9-6-12(16(19)20)7-10(2)15(9)21-8-11-4-3-5-13(17)14(11)18/h3-7H,8H2,1-2H3,(H,19,20). The molecule has 2 aromatic rings. The fraction of sp³-hybridized carbons (Fsp3) is 0.188. The zero-order valence-corrected chi connectivity index (χ0v) is 13.1. The van der Waals surface area contributed by atoms with Gasteiger partial charge in [0.05, 0.1) is 15.6 Å². The summed E-state index contributed by atoms with van der Waals surface area (Å²) in [6, 6.07) is 8.53. The van der Waals surface area contributed by atoms with E-state index in [-0.39, 0.29) is 12.2 Å². The van der Waals surface area contributed by atoms with Crippen molar-refractivity contribution in [1.29, 1.82) is 0 Å². The first kappa shape index (κ1) is 15.7. The first-order chi connectivity index (χ1) is 9.90. The Kier molecular flexibility index (Phi) is 4.76. The Bertz CT molecular complexity index is 673. The Morgan fingerprint density at radius 1 is 1.19 bits per heavy atom. The van der Waals surface area contributed by atoms with Gasteiger partial charge in [-0.15, -0.1) is 0 Å². The van der Waals surface area contributed by atoms with Crippen LogP contribution in [0, 0.1) is 13.8 Å². The predicted octanol–water partition coefficient (Wildman–Crippen LogP) is 4.89. The van der Waals surface area contributed by atoms with Gasteiger partial charge in [-0.1, -0.05) is 35.3 Å². The number of hydrogen-bond donors (Lipinski definition) is 1. The van der Waals surface area contributed by atoms with E-state index in [1.54, 1.807) is 24.3 Å². The molecule has 2 rings (SSSR count). The molecule has 21 heavy (non-hydrogen) atoms. The first-order valence-corrected chi connectivity index (χ1v) is 7.06. The van der Waals surface area contributed by atoms with Crippen molar-refractivity contribution in [3.8, 4) is 5.75 Å². The number of carboxylic acid groups (broad SMARTS) is 1. The normalized spacial score (nSPS) is 10.5. The van der Waals surface area contributed by atoms with Gasteiger partial charge in [0.15, 0.2) is 0 Å². The lowest BCUT2D eigenvalue weighted by molar-refractivity contribution is 0.0696. The molecular formula is C16H14Cl2O3. The van der Waals surface area contributed by atoms with Crippen LogP contribution in [-0.4, -0.2) is 11.1 Å². The number of carboxylic acids is 1. The van der Waals surface area contributed by atoms with Gasteiger partial charge in [0.25, 0.3) is 0 Å². The highest BCUT2D eigenvalue weighted by Gasteiger charge is 2.12. The second-order valence-corrected chi connectivity index (χ2v) is 5.53. The highest BCUT2D eigenvalue weighted by molar-refractivity contribution is 6.42. The molecule has 0 bridgehead atoms. The molecule has 0 atom stereocenters. The Labute approximate surface area is 133 Å². The van der Waals surface area contributed by atoms with Crippen molar-refractivity contribution >= 4 is 29.2 Å². The molecule has 0 aliphatic rings. The molecule has 3 nitrogen and oxygen atoms in total. The average molecular weight is 325 g/mol. The smallest absolute Gasteiger partial charge is 0.335 e. The third kappa shape index (κ3) is 3.49. The van der Waals surface area contributed by atoms with E-state index >= 15 is 0 Å². The number of rotatable bonds is 4. The summed E-state index contributed by atoms with van der Waals surface area (Å²) < 4.78 is 5.79. The van der Waals surface area contributed by atoms with Crippen molar-refractivity contribution in [2.75, 3.05) is 0 Å². The Morgan fingerprint density at radius 3 is 2.38 bits per heavy atom. The lowest BCUT2D eigenvalue weighted by atomic mass is 10.1. The van der Waals surface area contributed by atoms with E-state index in [4.69, 9.17) is 33.0 Å². The van der Waals surface area contributed by atoms with Crippen molar-refractivity contribution in [3.05, 3.63) is 62.6 Å². The van der Waals surface area contributed by atoms with E-state index in [9.17, 15) is 4.79 Å². The maximum atomic E-state index is 11.0. The van der Waals surface area contributed by atoms with Gasteiger partial charge in [-0.3, -0.25) is 0 Å². The number of ether oxygens (including phenoxy) is 1. The van der Waals surface area contributed by atoms with Crippen molar-refractivity contribution in [2.24, 2.45) is 0 Å². The highest BCUT2D eigenvalue weighted by atomic mass is 35.5. The van der Waals surface area contributed by atoms with Gasteiger partial charge in [0.1, 0.15) is 12.4 Å². The van der Waals surface area contributed by atoms with E-state index in [2.05, 4.69) is 0 Å². The number of halogens is 2. The third-order valence-electron chi connectivity index (χ3n) is 3.11. The molecule has 0 radical (unpaired) electrons. The monoisotopic (exact) mass is 324 g/mol. The number of aromatic carboxylic acids is 1. The van der Waals surface area contributed by atoms with E-state index in [0.717, 1.165) is 16.7 Å². The molecule has 0 aliphatic carbocycles. The van der Waals surface area contributed by atoms with Crippen LogP contribution < -0.4 is 4.74 Å². The van der Waals surface area contributed by atoms with Gasteiger partial charge in [-0.25, -0.2) is 4.79 Å². The van der Waals surface area contributed by atoms with Crippen LogP contribution in [0.15, 0.2) is 30.3 Å². The molecule has 110 valence electrons. The number of benzene rings is 2. The van der Waals surface area contributed by atoms with Crippen LogP contribution in [0.5, 0.6) is 5.75 Å². The van der Waals surface area contributed by atoms with Crippen molar-refractivity contribution in [2.45, 2.75) is 20.5 Å². The van der Waals surface area contributed by atoms with Gasteiger partial charge in [-0.05, 0) is 43.2 Å². The summed E-state index contributed by atoms with van der Waals surface area (Å²) in [6.07, 6.45) is 0. The average Bonchev–Trinajstić information content (AvgIpc) is 2.42. The Balaban J connectivity index is 2.24. The first-order valence-electron chi connectivity index (χ1n) is 6.30. The molecule has 0 fully saturated rings.